The van der Waals surface area contributed by atoms with Crippen LogP contribution in [0, 0.1) is 0 Å². The van der Waals surface area contributed by atoms with Crippen LogP contribution in [0.4, 0.5) is 0 Å². The zero-order valence-corrected chi connectivity index (χ0v) is 13.6. The fourth-order valence-electron chi connectivity index (χ4n) is 1.92. The molecule has 0 radical (unpaired) electrons. The van der Waals surface area contributed by atoms with E-state index >= 15 is 0 Å². The van der Waals surface area contributed by atoms with Gasteiger partial charge in [-0.25, -0.2) is 0 Å². The molecule has 0 fully saturated rings. The Balaban J connectivity index is 2.59. The standard InChI is InChI=1S/C15H23Cl2NO/c1-15(2,19-4)8-7-12(18-3)9-11-5-6-13(16)14(17)10-11/h5-6,10,12,18H,7-9H2,1-4H3. The van der Waals surface area contributed by atoms with Crippen molar-refractivity contribution >= 4 is 23.2 Å². The van der Waals surface area contributed by atoms with E-state index < -0.39 is 0 Å². The Bertz CT molecular complexity index is 407. The van der Waals surface area contributed by atoms with Gasteiger partial charge < -0.3 is 10.1 Å². The second-order valence-corrected chi connectivity index (χ2v) is 6.26. The Kier molecular flexibility index (Phi) is 6.61. The molecule has 0 bridgehead atoms. The number of methoxy groups -OCH3 is 1. The van der Waals surface area contributed by atoms with Crippen molar-refractivity contribution in [1.29, 1.82) is 0 Å². The maximum absolute atomic E-state index is 6.04. The lowest BCUT2D eigenvalue weighted by atomic mass is 9.95. The van der Waals surface area contributed by atoms with Gasteiger partial charge in [0.25, 0.3) is 0 Å². The van der Waals surface area contributed by atoms with E-state index in [1.165, 1.54) is 5.56 Å². The highest BCUT2D eigenvalue weighted by Gasteiger charge is 2.18. The number of halogens is 2. The number of ether oxygens (including phenoxy) is 1. The molecule has 0 aliphatic rings. The molecule has 0 saturated heterocycles. The van der Waals surface area contributed by atoms with Crippen LogP contribution in [-0.4, -0.2) is 25.8 Å². The number of hydrogen-bond donors (Lipinski definition) is 1. The van der Waals surface area contributed by atoms with Gasteiger partial charge in [0.1, 0.15) is 0 Å². The fraction of sp³-hybridized carbons (Fsp3) is 0.600. The van der Waals surface area contributed by atoms with Crippen molar-refractivity contribution in [2.45, 2.75) is 44.8 Å². The minimum Gasteiger partial charge on any atom is -0.379 e. The summed E-state index contributed by atoms with van der Waals surface area (Å²) in [7, 11) is 3.75. The summed E-state index contributed by atoms with van der Waals surface area (Å²) in [4.78, 5) is 0. The first-order valence-corrected chi connectivity index (χ1v) is 7.30. The second-order valence-electron chi connectivity index (χ2n) is 5.44. The van der Waals surface area contributed by atoms with Crippen molar-refractivity contribution in [3.8, 4) is 0 Å². The third kappa shape index (κ3) is 5.70. The van der Waals surface area contributed by atoms with Gasteiger partial charge >= 0.3 is 0 Å². The van der Waals surface area contributed by atoms with Crippen LogP contribution in [0.3, 0.4) is 0 Å². The Hall–Kier alpha value is -0.280. The van der Waals surface area contributed by atoms with Crippen molar-refractivity contribution < 1.29 is 4.74 Å². The number of rotatable bonds is 7. The molecule has 0 aromatic heterocycles. The van der Waals surface area contributed by atoms with Gasteiger partial charge in [-0.05, 0) is 57.9 Å². The predicted octanol–water partition coefficient (Wildman–Crippen LogP) is 4.33. The topological polar surface area (TPSA) is 21.3 Å². The first-order valence-electron chi connectivity index (χ1n) is 6.54. The minimum absolute atomic E-state index is 0.0766. The number of benzene rings is 1. The SMILES string of the molecule is CNC(CCC(C)(C)OC)Cc1ccc(Cl)c(Cl)c1. The third-order valence-electron chi connectivity index (χ3n) is 3.52. The van der Waals surface area contributed by atoms with Crippen molar-refractivity contribution in [3.63, 3.8) is 0 Å². The zero-order chi connectivity index (χ0) is 14.5. The van der Waals surface area contributed by atoms with Crippen molar-refractivity contribution in [3.05, 3.63) is 33.8 Å². The molecule has 1 unspecified atom stereocenters. The normalized spacial score (nSPS) is 13.6. The van der Waals surface area contributed by atoms with E-state index in [1.54, 1.807) is 7.11 Å². The summed E-state index contributed by atoms with van der Waals surface area (Å²) in [6, 6.07) is 6.23. The number of nitrogens with one attached hydrogen (secondary N) is 1. The number of hydrogen-bond acceptors (Lipinski definition) is 2. The minimum atomic E-state index is -0.0766. The van der Waals surface area contributed by atoms with Crippen LogP contribution in [0.25, 0.3) is 0 Å². The third-order valence-corrected chi connectivity index (χ3v) is 4.26. The Morgan fingerprint density at radius 2 is 1.95 bits per heavy atom. The largest absolute Gasteiger partial charge is 0.379 e. The smallest absolute Gasteiger partial charge is 0.0623 e. The maximum Gasteiger partial charge on any atom is 0.0623 e. The lowest BCUT2D eigenvalue weighted by Crippen LogP contribution is -2.32. The van der Waals surface area contributed by atoms with Gasteiger partial charge in [0.05, 0.1) is 15.6 Å². The molecule has 19 heavy (non-hydrogen) atoms. The van der Waals surface area contributed by atoms with E-state index in [4.69, 9.17) is 27.9 Å². The highest BCUT2D eigenvalue weighted by molar-refractivity contribution is 6.42. The summed E-state index contributed by atoms with van der Waals surface area (Å²) in [5.74, 6) is 0. The Labute approximate surface area is 126 Å². The molecule has 1 aromatic carbocycles. The Morgan fingerprint density at radius 3 is 2.47 bits per heavy atom. The highest BCUT2D eigenvalue weighted by Crippen LogP contribution is 2.24. The quantitative estimate of drug-likeness (QED) is 0.809. The van der Waals surface area contributed by atoms with Crippen LogP contribution in [0.5, 0.6) is 0 Å². The zero-order valence-electron chi connectivity index (χ0n) is 12.1. The fourth-order valence-corrected chi connectivity index (χ4v) is 2.24. The van der Waals surface area contributed by atoms with Gasteiger partial charge in [-0.2, -0.15) is 0 Å². The maximum atomic E-state index is 6.04. The number of likely N-dealkylation sites (N-methyl/N-ethyl adjacent to an activating group) is 1. The molecule has 1 rings (SSSR count). The summed E-state index contributed by atoms with van der Waals surface area (Å²) < 4.78 is 5.45. The summed E-state index contributed by atoms with van der Waals surface area (Å²) in [5.41, 5.74) is 1.12. The monoisotopic (exact) mass is 303 g/mol. The lowest BCUT2D eigenvalue weighted by molar-refractivity contribution is 0.0119. The average molecular weight is 304 g/mol. The molecule has 108 valence electrons. The molecule has 0 amide bonds. The van der Waals surface area contributed by atoms with Crippen LogP contribution < -0.4 is 5.32 Å². The summed E-state index contributed by atoms with van der Waals surface area (Å²) in [6.07, 6.45) is 3.00. The summed E-state index contributed by atoms with van der Waals surface area (Å²) in [5, 5.41) is 4.57. The molecule has 1 N–H and O–H groups in total. The lowest BCUT2D eigenvalue weighted by Gasteiger charge is -2.26. The van der Waals surface area contributed by atoms with Gasteiger partial charge in [0.2, 0.25) is 0 Å². The first-order chi connectivity index (χ1) is 8.88. The van der Waals surface area contributed by atoms with Gasteiger partial charge in [-0.1, -0.05) is 29.3 Å². The van der Waals surface area contributed by atoms with Crippen molar-refractivity contribution in [2.24, 2.45) is 0 Å². The van der Waals surface area contributed by atoms with Gasteiger partial charge in [-0.3, -0.25) is 0 Å². The second kappa shape index (κ2) is 7.49. The van der Waals surface area contributed by atoms with Crippen LogP contribution in [-0.2, 0) is 11.2 Å². The molecule has 2 nitrogen and oxygen atoms in total. The van der Waals surface area contributed by atoms with E-state index in [0.29, 0.717) is 16.1 Å². The van der Waals surface area contributed by atoms with E-state index in [9.17, 15) is 0 Å². The van der Waals surface area contributed by atoms with Crippen molar-refractivity contribution in [1.82, 2.24) is 5.32 Å². The van der Waals surface area contributed by atoms with Crippen LogP contribution in [0.1, 0.15) is 32.3 Å². The Morgan fingerprint density at radius 1 is 1.26 bits per heavy atom. The molecule has 0 saturated carbocycles. The van der Waals surface area contributed by atoms with Gasteiger partial charge in [0.15, 0.2) is 0 Å². The van der Waals surface area contributed by atoms with E-state index in [0.717, 1.165) is 19.3 Å². The highest BCUT2D eigenvalue weighted by atomic mass is 35.5. The predicted molar refractivity (Wildman–Crippen MR) is 83.3 cm³/mol. The molecule has 0 aliphatic heterocycles. The molecule has 1 atom stereocenters. The molecular formula is C15H23Cl2NO. The van der Waals surface area contributed by atoms with E-state index in [2.05, 4.69) is 19.2 Å². The summed E-state index contributed by atoms with van der Waals surface area (Å²) in [6.45, 7) is 4.22. The van der Waals surface area contributed by atoms with E-state index in [1.807, 2.05) is 25.2 Å². The summed E-state index contributed by atoms with van der Waals surface area (Å²) >= 11 is 12.0. The molecular weight excluding hydrogens is 281 g/mol. The molecule has 0 spiro atoms. The van der Waals surface area contributed by atoms with Crippen LogP contribution in [0.2, 0.25) is 10.0 Å². The van der Waals surface area contributed by atoms with Gasteiger partial charge in [-0.15, -0.1) is 0 Å². The van der Waals surface area contributed by atoms with Gasteiger partial charge in [0, 0.05) is 13.2 Å². The molecule has 4 heteroatoms. The molecule has 0 aliphatic carbocycles. The van der Waals surface area contributed by atoms with Crippen molar-refractivity contribution in [2.75, 3.05) is 14.2 Å². The average Bonchev–Trinajstić information content (AvgIpc) is 2.38. The van der Waals surface area contributed by atoms with Crippen LogP contribution in [0.15, 0.2) is 18.2 Å². The molecule has 1 aromatic rings. The van der Waals surface area contributed by atoms with E-state index in [-0.39, 0.29) is 5.60 Å². The van der Waals surface area contributed by atoms with Crippen LogP contribution >= 0.6 is 23.2 Å². The first kappa shape index (κ1) is 16.8. The molecule has 0 heterocycles.